The fraction of sp³-hybridized carbons (Fsp3) is 0. The van der Waals surface area contributed by atoms with Crippen molar-refractivity contribution in [2.24, 2.45) is 10.7 Å². The maximum Gasteiger partial charge on any atom is 0.325 e. The molecule has 2 amide bonds. The summed E-state index contributed by atoms with van der Waals surface area (Å²) in [5, 5.41) is 5.22. The van der Waals surface area contributed by atoms with Crippen LogP contribution < -0.4 is 16.4 Å². The number of anilines is 1. The normalized spacial score (nSPS) is 11.3. The van der Waals surface area contributed by atoms with E-state index in [1.807, 2.05) is 18.2 Å². The second-order valence-electron chi connectivity index (χ2n) is 6.28. The number of aliphatic imine (C=N–C) groups is 1. The average molecular weight is 399 g/mol. The summed E-state index contributed by atoms with van der Waals surface area (Å²) in [6, 6.07) is 22.5. The summed E-state index contributed by atoms with van der Waals surface area (Å²) in [4.78, 5) is 33.3. The third-order valence-electron chi connectivity index (χ3n) is 4.20. The number of fused-ring (bicyclic) bond motifs is 1. The van der Waals surface area contributed by atoms with Crippen LogP contribution in [0.2, 0.25) is 0 Å². The molecule has 0 saturated heterocycles. The lowest BCUT2D eigenvalue weighted by Crippen LogP contribution is -2.37. The number of nitrogens with two attached hydrogens (primary N) is 1. The number of benzene rings is 3. The van der Waals surface area contributed by atoms with Gasteiger partial charge in [0.1, 0.15) is 5.52 Å². The molecular weight excluding hydrogens is 382 g/mol. The maximum absolute atomic E-state index is 12.7. The van der Waals surface area contributed by atoms with Crippen LogP contribution in [0.5, 0.6) is 0 Å². The zero-order chi connectivity index (χ0) is 20.9. The Bertz CT molecular complexity index is 1210. The molecule has 3 aromatic carbocycles. The molecular formula is C22H17N5O3. The lowest BCUT2D eigenvalue weighted by Gasteiger charge is -2.11. The molecule has 8 heteroatoms. The lowest BCUT2D eigenvalue weighted by atomic mass is 10.1. The highest BCUT2D eigenvalue weighted by atomic mass is 16.4. The van der Waals surface area contributed by atoms with Crippen molar-refractivity contribution in [1.29, 1.82) is 0 Å². The first-order valence-corrected chi connectivity index (χ1v) is 9.06. The van der Waals surface area contributed by atoms with Crippen LogP contribution >= 0.6 is 0 Å². The molecule has 1 heterocycles. The molecule has 0 aliphatic carbocycles. The second kappa shape index (κ2) is 8.27. The van der Waals surface area contributed by atoms with Gasteiger partial charge >= 0.3 is 6.01 Å². The van der Waals surface area contributed by atoms with Crippen molar-refractivity contribution in [2.45, 2.75) is 0 Å². The van der Waals surface area contributed by atoms with E-state index in [0.29, 0.717) is 22.4 Å². The molecule has 0 bridgehead atoms. The van der Waals surface area contributed by atoms with Crippen LogP contribution in [0, 0.1) is 0 Å². The van der Waals surface area contributed by atoms with E-state index in [-0.39, 0.29) is 23.4 Å². The number of hydrogen-bond donors (Lipinski definition) is 3. The van der Waals surface area contributed by atoms with E-state index in [1.54, 1.807) is 60.7 Å². The van der Waals surface area contributed by atoms with Crippen LogP contribution in [0.3, 0.4) is 0 Å². The summed E-state index contributed by atoms with van der Waals surface area (Å²) in [6.45, 7) is 0. The van der Waals surface area contributed by atoms with Crippen molar-refractivity contribution < 1.29 is 14.0 Å². The molecule has 1 aromatic heterocycles. The van der Waals surface area contributed by atoms with Crippen LogP contribution in [-0.4, -0.2) is 22.8 Å². The Balaban J connectivity index is 1.51. The van der Waals surface area contributed by atoms with Gasteiger partial charge in [0.2, 0.25) is 5.96 Å². The molecule has 148 valence electrons. The topological polar surface area (TPSA) is 123 Å². The molecule has 0 radical (unpaired) electrons. The first kappa shape index (κ1) is 18.9. The molecule has 4 rings (SSSR count). The largest absolute Gasteiger partial charge is 0.422 e. The molecule has 0 atom stereocenters. The van der Waals surface area contributed by atoms with Gasteiger partial charge in [-0.05, 0) is 36.4 Å². The number of oxazole rings is 1. The zero-order valence-corrected chi connectivity index (χ0v) is 15.7. The highest BCUT2D eigenvalue weighted by molar-refractivity contribution is 6.12. The number of carbonyl (C=O) groups is 2. The molecule has 0 fully saturated rings. The molecule has 0 aliphatic heterocycles. The van der Waals surface area contributed by atoms with Crippen LogP contribution in [0.4, 0.5) is 11.7 Å². The number of carbonyl (C=O) groups excluding carboxylic acids is 2. The molecule has 0 spiro atoms. The predicted octanol–water partition coefficient (Wildman–Crippen LogP) is 3.46. The van der Waals surface area contributed by atoms with Gasteiger partial charge in [0.15, 0.2) is 5.58 Å². The van der Waals surface area contributed by atoms with Gasteiger partial charge in [0, 0.05) is 5.56 Å². The number of guanidine groups is 1. The van der Waals surface area contributed by atoms with Gasteiger partial charge in [-0.2, -0.15) is 9.98 Å². The number of rotatable bonds is 4. The summed E-state index contributed by atoms with van der Waals surface area (Å²) in [5.41, 5.74) is 8.08. The van der Waals surface area contributed by atoms with E-state index in [4.69, 9.17) is 10.2 Å². The van der Waals surface area contributed by atoms with E-state index in [1.165, 1.54) is 0 Å². The van der Waals surface area contributed by atoms with Gasteiger partial charge < -0.3 is 15.5 Å². The van der Waals surface area contributed by atoms with Gasteiger partial charge in [-0.15, -0.1) is 0 Å². The monoisotopic (exact) mass is 399 g/mol. The van der Waals surface area contributed by atoms with Crippen molar-refractivity contribution in [3.8, 4) is 0 Å². The summed E-state index contributed by atoms with van der Waals surface area (Å²) in [6.07, 6.45) is 0. The third-order valence-corrected chi connectivity index (χ3v) is 4.20. The van der Waals surface area contributed by atoms with Crippen LogP contribution in [0.25, 0.3) is 11.1 Å². The van der Waals surface area contributed by atoms with Crippen LogP contribution in [-0.2, 0) is 0 Å². The number of hydrogen-bond acceptors (Lipinski definition) is 5. The first-order chi connectivity index (χ1) is 14.6. The molecule has 8 nitrogen and oxygen atoms in total. The Morgan fingerprint density at radius 1 is 0.867 bits per heavy atom. The van der Waals surface area contributed by atoms with Crippen molar-refractivity contribution in [3.05, 3.63) is 90.0 Å². The first-order valence-electron chi connectivity index (χ1n) is 9.06. The molecule has 4 aromatic rings. The minimum absolute atomic E-state index is 0.0275. The quantitative estimate of drug-likeness (QED) is 0.358. The van der Waals surface area contributed by atoms with Gasteiger partial charge in [0.05, 0.1) is 11.3 Å². The predicted molar refractivity (Wildman–Crippen MR) is 114 cm³/mol. The maximum atomic E-state index is 12.7. The number of aromatic nitrogens is 1. The van der Waals surface area contributed by atoms with Crippen LogP contribution in [0.1, 0.15) is 20.7 Å². The molecule has 0 aliphatic rings. The number of nitrogens with one attached hydrogen (secondary N) is 2. The summed E-state index contributed by atoms with van der Waals surface area (Å²) in [7, 11) is 0. The fourth-order valence-electron chi connectivity index (χ4n) is 2.80. The zero-order valence-electron chi connectivity index (χ0n) is 15.7. The minimum Gasteiger partial charge on any atom is -0.422 e. The Labute approximate surface area is 171 Å². The molecule has 4 N–H and O–H groups in total. The smallest absolute Gasteiger partial charge is 0.325 e. The Kier molecular flexibility index (Phi) is 5.21. The Morgan fingerprint density at radius 3 is 2.37 bits per heavy atom. The number of amides is 2. The van der Waals surface area contributed by atoms with E-state index in [0.717, 1.165) is 0 Å². The molecule has 0 unspecified atom stereocenters. The highest BCUT2D eigenvalue weighted by Crippen LogP contribution is 2.20. The van der Waals surface area contributed by atoms with Crippen molar-refractivity contribution in [1.82, 2.24) is 10.3 Å². The molecule has 30 heavy (non-hydrogen) atoms. The number of nitrogens with zero attached hydrogens (tertiary/aromatic N) is 2. The van der Waals surface area contributed by atoms with E-state index < -0.39 is 5.91 Å². The van der Waals surface area contributed by atoms with Crippen LogP contribution in [0.15, 0.2) is 88.3 Å². The second-order valence-corrected chi connectivity index (χ2v) is 6.28. The average Bonchev–Trinajstić information content (AvgIpc) is 3.16. The van der Waals surface area contributed by atoms with E-state index >= 15 is 0 Å². The summed E-state index contributed by atoms with van der Waals surface area (Å²) >= 11 is 0. The Hall–Kier alpha value is -4.46. The van der Waals surface area contributed by atoms with Crippen molar-refractivity contribution in [3.63, 3.8) is 0 Å². The Morgan fingerprint density at radius 2 is 1.57 bits per heavy atom. The van der Waals surface area contributed by atoms with Gasteiger partial charge in [-0.1, -0.05) is 42.5 Å². The lowest BCUT2D eigenvalue weighted by molar-refractivity contribution is 0.0977. The summed E-state index contributed by atoms with van der Waals surface area (Å²) in [5.74, 6) is -1.05. The number of para-hydroxylation sites is 3. The third kappa shape index (κ3) is 4.17. The van der Waals surface area contributed by atoms with Gasteiger partial charge in [-0.25, -0.2) is 0 Å². The standard InChI is InChI=1S/C22H17N5O3/c23-21(27-22-25-17-12-6-7-13-18(17)30-22)26-20(29)15-10-4-5-11-16(15)24-19(28)14-8-2-1-3-9-14/h1-13H,(H,24,28)(H3,23,25,26,27,29). The van der Waals surface area contributed by atoms with Crippen molar-refractivity contribution >= 4 is 40.6 Å². The van der Waals surface area contributed by atoms with Gasteiger partial charge in [0.25, 0.3) is 11.8 Å². The molecule has 0 saturated carbocycles. The van der Waals surface area contributed by atoms with Gasteiger partial charge in [-0.3, -0.25) is 14.9 Å². The summed E-state index contributed by atoms with van der Waals surface area (Å²) < 4.78 is 5.46. The van der Waals surface area contributed by atoms with Crippen molar-refractivity contribution in [2.75, 3.05) is 5.32 Å². The SMILES string of the molecule is NC(=Nc1nc2ccccc2o1)NC(=O)c1ccccc1NC(=O)c1ccccc1. The fourth-order valence-corrected chi connectivity index (χ4v) is 2.80. The highest BCUT2D eigenvalue weighted by Gasteiger charge is 2.15. The van der Waals surface area contributed by atoms with E-state index in [9.17, 15) is 9.59 Å². The van der Waals surface area contributed by atoms with E-state index in [2.05, 4.69) is 20.6 Å². The minimum atomic E-state index is -0.531.